The molecule has 0 atom stereocenters. The quantitative estimate of drug-likeness (QED) is 0.720. The number of hydrogen-bond donors (Lipinski definition) is 1. The first-order valence-corrected chi connectivity index (χ1v) is 8.94. The molecule has 2 aromatic heterocycles. The summed E-state index contributed by atoms with van der Waals surface area (Å²) in [7, 11) is 0. The fraction of sp³-hybridized carbons (Fsp3) is 0.316. The Balaban J connectivity index is 1.78. The summed E-state index contributed by atoms with van der Waals surface area (Å²) in [4.78, 5) is 16.9. The van der Waals surface area contributed by atoms with Gasteiger partial charge in [0, 0.05) is 22.4 Å². The van der Waals surface area contributed by atoms with E-state index in [-0.39, 0.29) is 11.3 Å². The van der Waals surface area contributed by atoms with E-state index in [2.05, 4.69) is 28.4 Å². The van der Waals surface area contributed by atoms with Gasteiger partial charge in [-0.15, -0.1) is 11.3 Å². The van der Waals surface area contributed by atoms with Crippen LogP contribution >= 0.6 is 11.3 Å². The van der Waals surface area contributed by atoms with Crippen LogP contribution in [0.4, 0.5) is 5.82 Å². The molecule has 3 rings (SSSR count). The van der Waals surface area contributed by atoms with Crippen molar-refractivity contribution in [3.05, 3.63) is 52.2 Å². The lowest BCUT2D eigenvalue weighted by atomic mass is 9.93. The molecule has 0 saturated carbocycles. The molecule has 0 radical (unpaired) electrons. The van der Waals surface area contributed by atoms with E-state index in [1.54, 1.807) is 11.4 Å². The Hall–Kier alpha value is -2.47. The van der Waals surface area contributed by atoms with Gasteiger partial charge in [0.25, 0.3) is 5.91 Å². The highest BCUT2D eigenvalue weighted by molar-refractivity contribution is 7.13. The lowest BCUT2D eigenvalue weighted by molar-refractivity contribution is 0.102. The molecular weight excluding hydrogens is 334 g/mol. The number of hydrogen-bond acceptors (Lipinski definition) is 5. The fourth-order valence-electron chi connectivity index (χ4n) is 2.42. The minimum absolute atomic E-state index is 0.160. The standard InChI is InChI=1S/C19H21N3O2S/c1-11-6-7-13(12(2)8-11)18-20-14(10-25-18)17(23)21-16-9-15(24-22-16)19(3,4)5/h6-10H,1-5H3,(H,21,22,23). The summed E-state index contributed by atoms with van der Waals surface area (Å²) in [6.45, 7) is 10.2. The third-order valence-electron chi connectivity index (χ3n) is 3.84. The predicted molar refractivity (Wildman–Crippen MR) is 100 cm³/mol. The van der Waals surface area contributed by atoms with E-state index in [1.807, 2.05) is 39.8 Å². The number of thiazole rings is 1. The molecule has 130 valence electrons. The molecule has 0 aliphatic heterocycles. The van der Waals surface area contributed by atoms with Crippen LogP contribution in [0, 0.1) is 13.8 Å². The highest BCUT2D eigenvalue weighted by Crippen LogP contribution is 2.28. The number of nitrogens with zero attached hydrogens (tertiary/aromatic N) is 2. The van der Waals surface area contributed by atoms with Gasteiger partial charge in [-0.25, -0.2) is 4.98 Å². The molecule has 1 amide bonds. The molecule has 6 heteroatoms. The number of carbonyl (C=O) groups is 1. The lowest BCUT2D eigenvalue weighted by Gasteiger charge is -2.11. The first-order chi connectivity index (χ1) is 11.7. The second-order valence-corrected chi connectivity index (χ2v) is 7.99. The van der Waals surface area contributed by atoms with E-state index in [9.17, 15) is 4.79 Å². The van der Waals surface area contributed by atoms with Gasteiger partial charge < -0.3 is 9.84 Å². The van der Waals surface area contributed by atoms with Gasteiger partial charge in [0.2, 0.25) is 0 Å². The molecule has 1 N–H and O–H groups in total. The average molecular weight is 355 g/mol. The molecule has 1 aromatic carbocycles. The summed E-state index contributed by atoms with van der Waals surface area (Å²) in [5.74, 6) is 0.828. The Kier molecular flexibility index (Phi) is 4.47. The molecule has 0 aliphatic rings. The number of amides is 1. The van der Waals surface area contributed by atoms with Crippen LogP contribution in [0.1, 0.15) is 48.1 Å². The lowest BCUT2D eigenvalue weighted by Crippen LogP contribution is -2.13. The minimum atomic E-state index is -0.291. The number of aryl methyl sites for hydroxylation is 2. The topological polar surface area (TPSA) is 68.0 Å². The fourth-order valence-corrected chi connectivity index (χ4v) is 3.31. The maximum atomic E-state index is 12.4. The van der Waals surface area contributed by atoms with Crippen LogP contribution in [-0.4, -0.2) is 16.0 Å². The van der Waals surface area contributed by atoms with E-state index in [4.69, 9.17) is 4.52 Å². The SMILES string of the molecule is Cc1ccc(-c2nc(C(=O)Nc3cc(C(C)(C)C)on3)cs2)c(C)c1. The normalized spacial score (nSPS) is 11.6. The van der Waals surface area contributed by atoms with Crippen molar-refractivity contribution in [1.82, 2.24) is 10.1 Å². The van der Waals surface area contributed by atoms with Gasteiger partial charge in [-0.3, -0.25) is 4.79 Å². The molecule has 0 spiro atoms. The zero-order valence-corrected chi connectivity index (χ0v) is 15.8. The number of nitrogens with one attached hydrogen (secondary N) is 1. The molecule has 3 aromatic rings. The smallest absolute Gasteiger partial charge is 0.276 e. The molecule has 0 aliphatic carbocycles. The van der Waals surface area contributed by atoms with Crippen molar-refractivity contribution in [2.45, 2.75) is 40.0 Å². The number of anilines is 1. The maximum Gasteiger partial charge on any atom is 0.276 e. The van der Waals surface area contributed by atoms with Crippen LogP contribution in [-0.2, 0) is 5.41 Å². The largest absolute Gasteiger partial charge is 0.359 e. The highest BCUT2D eigenvalue weighted by Gasteiger charge is 2.21. The van der Waals surface area contributed by atoms with Crippen LogP contribution in [0.5, 0.6) is 0 Å². The molecule has 25 heavy (non-hydrogen) atoms. The van der Waals surface area contributed by atoms with Crippen molar-refractivity contribution in [3.8, 4) is 10.6 Å². The summed E-state index contributed by atoms with van der Waals surface area (Å²) in [5.41, 5.74) is 3.61. The number of rotatable bonds is 3. The van der Waals surface area contributed by atoms with Crippen molar-refractivity contribution in [1.29, 1.82) is 0 Å². The molecule has 0 saturated heterocycles. The van der Waals surface area contributed by atoms with Gasteiger partial charge in [0.15, 0.2) is 5.82 Å². The molecule has 5 nitrogen and oxygen atoms in total. The molecule has 2 heterocycles. The van der Waals surface area contributed by atoms with Crippen molar-refractivity contribution < 1.29 is 9.32 Å². The van der Waals surface area contributed by atoms with Crippen LogP contribution < -0.4 is 5.32 Å². The summed E-state index contributed by atoms with van der Waals surface area (Å²) < 4.78 is 5.28. The number of aromatic nitrogens is 2. The van der Waals surface area contributed by atoms with Crippen LogP contribution in [0.25, 0.3) is 10.6 Å². The Morgan fingerprint density at radius 1 is 1.20 bits per heavy atom. The highest BCUT2D eigenvalue weighted by atomic mass is 32.1. The van der Waals surface area contributed by atoms with Crippen molar-refractivity contribution in [3.63, 3.8) is 0 Å². The van der Waals surface area contributed by atoms with Crippen LogP contribution in [0.2, 0.25) is 0 Å². The number of carbonyl (C=O) groups excluding carboxylic acids is 1. The second kappa shape index (κ2) is 6.44. The van der Waals surface area contributed by atoms with Gasteiger partial charge in [-0.1, -0.05) is 49.7 Å². The van der Waals surface area contributed by atoms with Crippen LogP contribution in [0.3, 0.4) is 0 Å². The van der Waals surface area contributed by atoms with Gasteiger partial charge in [-0.05, 0) is 19.4 Å². The maximum absolute atomic E-state index is 12.4. The first-order valence-electron chi connectivity index (χ1n) is 8.06. The average Bonchev–Trinajstić information content (AvgIpc) is 3.15. The van der Waals surface area contributed by atoms with Gasteiger partial charge in [0.05, 0.1) is 0 Å². The summed E-state index contributed by atoms with van der Waals surface area (Å²) in [6.07, 6.45) is 0. The van der Waals surface area contributed by atoms with Crippen molar-refractivity contribution in [2.24, 2.45) is 0 Å². The zero-order valence-electron chi connectivity index (χ0n) is 15.0. The summed E-state index contributed by atoms with van der Waals surface area (Å²) >= 11 is 1.46. The molecule has 0 bridgehead atoms. The summed E-state index contributed by atoms with van der Waals surface area (Å²) in [5, 5.41) is 9.24. The Morgan fingerprint density at radius 2 is 1.96 bits per heavy atom. The third-order valence-corrected chi connectivity index (χ3v) is 4.72. The molecular formula is C19H21N3O2S. The van der Waals surface area contributed by atoms with E-state index >= 15 is 0 Å². The first kappa shape index (κ1) is 17.4. The monoisotopic (exact) mass is 355 g/mol. The van der Waals surface area contributed by atoms with E-state index in [0.29, 0.717) is 11.5 Å². The Morgan fingerprint density at radius 3 is 2.60 bits per heavy atom. The Labute approximate surface area is 151 Å². The van der Waals surface area contributed by atoms with E-state index in [1.165, 1.54) is 16.9 Å². The van der Waals surface area contributed by atoms with Crippen molar-refractivity contribution in [2.75, 3.05) is 5.32 Å². The minimum Gasteiger partial charge on any atom is -0.359 e. The van der Waals surface area contributed by atoms with E-state index < -0.39 is 0 Å². The number of benzene rings is 1. The van der Waals surface area contributed by atoms with Gasteiger partial charge >= 0.3 is 0 Å². The summed E-state index contributed by atoms with van der Waals surface area (Å²) in [6, 6.07) is 7.94. The Bertz CT molecular complexity index is 919. The molecule has 0 unspecified atom stereocenters. The third kappa shape index (κ3) is 3.79. The van der Waals surface area contributed by atoms with Gasteiger partial charge in [-0.2, -0.15) is 0 Å². The molecule has 0 fully saturated rings. The predicted octanol–water partition coefficient (Wildman–Crippen LogP) is 4.96. The van der Waals surface area contributed by atoms with Gasteiger partial charge in [0.1, 0.15) is 16.5 Å². The second-order valence-electron chi connectivity index (χ2n) is 7.14. The van der Waals surface area contributed by atoms with Crippen molar-refractivity contribution >= 4 is 23.1 Å². The zero-order chi connectivity index (χ0) is 18.2. The van der Waals surface area contributed by atoms with Crippen LogP contribution in [0.15, 0.2) is 34.2 Å². The van der Waals surface area contributed by atoms with E-state index in [0.717, 1.165) is 21.9 Å².